The molecule has 3 aromatic rings. The van der Waals surface area contributed by atoms with Gasteiger partial charge in [0, 0.05) is 30.7 Å². The van der Waals surface area contributed by atoms with E-state index >= 15 is 0 Å². The van der Waals surface area contributed by atoms with Crippen molar-refractivity contribution in [2.45, 2.75) is 19.4 Å². The van der Waals surface area contributed by atoms with Gasteiger partial charge in [0.25, 0.3) is 5.91 Å². The summed E-state index contributed by atoms with van der Waals surface area (Å²) in [6, 6.07) is 8.83. The van der Waals surface area contributed by atoms with E-state index in [1.807, 2.05) is 18.2 Å². The van der Waals surface area contributed by atoms with Crippen LogP contribution in [0.4, 0.5) is 0 Å². The Bertz CT molecular complexity index is 916. The number of nitrogens with one attached hydrogen (secondary N) is 1. The van der Waals surface area contributed by atoms with Crippen LogP contribution in [0.2, 0.25) is 4.34 Å². The van der Waals surface area contributed by atoms with Crippen molar-refractivity contribution in [3.05, 3.63) is 62.3 Å². The van der Waals surface area contributed by atoms with E-state index in [1.54, 1.807) is 28.3 Å². The van der Waals surface area contributed by atoms with Crippen molar-refractivity contribution in [1.82, 2.24) is 14.9 Å². The molecule has 0 unspecified atom stereocenters. The van der Waals surface area contributed by atoms with E-state index in [4.69, 9.17) is 11.6 Å². The summed E-state index contributed by atoms with van der Waals surface area (Å²) in [5.41, 5.74) is 0.416. The van der Waals surface area contributed by atoms with Crippen LogP contribution >= 0.6 is 34.3 Å². The lowest BCUT2D eigenvalue weighted by Gasteiger charge is -2.05. The number of nitrogens with zero attached hydrogens (tertiary/aromatic N) is 2. The predicted molar refractivity (Wildman–Crippen MR) is 103 cm³/mol. The highest BCUT2D eigenvalue weighted by atomic mass is 35.5. The maximum absolute atomic E-state index is 12.1. The van der Waals surface area contributed by atoms with Gasteiger partial charge in [0.05, 0.1) is 9.21 Å². The van der Waals surface area contributed by atoms with Crippen molar-refractivity contribution >= 4 is 40.2 Å². The van der Waals surface area contributed by atoms with Gasteiger partial charge < -0.3 is 9.88 Å². The fourth-order valence-corrected chi connectivity index (χ4v) is 4.18. The quantitative estimate of drug-likeness (QED) is 0.619. The van der Waals surface area contributed by atoms with Gasteiger partial charge in [-0.25, -0.2) is 4.98 Å². The first kappa shape index (κ1) is 17.8. The van der Waals surface area contributed by atoms with E-state index in [2.05, 4.69) is 10.3 Å². The Kier molecular flexibility index (Phi) is 6.01. The first-order chi connectivity index (χ1) is 12.1. The van der Waals surface area contributed by atoms with Crippen molar-refractivity contribution in [2.24, 2.45) is 0 Å². The molecule has 0 atom stereocenters. The zero-order valence-corrected chi connectivity index (χ0v) is 15.7. The van der Waals surface area contributed by atoms with Crippen LogP contribution in [0.5, 0.6) is 0 Å². The summed E-state index contributed by atoms with van der Waals surface area (Å²) in [5.74, 6) is -0.179. The van der Waals surface area contributed by atoms with E-state index in [0.717, 1.165) is 22.7 Å². The minimum Gasteiger partial charge on any atom is -0.351 e. The first-order valence-corrected chi connectivity index (χ1v) is 9.86. The Morgan fingerprint density at radius 2 is 2.12 bits per heavy atom. The molecule has 0 aliphatic rings. The van der Waals surface area contributed by atoms with Crippen molar-refractivity contribution < 1.29 is 4.79 Å². The smallest absolute Gasteiger partial charge is 0.270 e. The van der Waals surface area contributed by atoms with Crippen molar-refractivity contribution in [1.29, 1.82) is 0 Å². The first-order valence-electron chi connectivity index (χ1n) is 7.78. The normalized spacial score (nSPS) is 10.8. The van der Waals surface area contributed by atoms with Gasteiger partial charge in [-0.05, 0) is 31.0 Å². The Balaban J connectivity index is 1.44. The molecule has 0 aliphatic heterocycles. The minimum absolute atomic E-state index is 0.00443. The van der Waals surface area contributed by atoms with E-state index < -0.39 is 0 Å². The molecule has 3 heterocycles. The summed E-state index contributed by atoms with van der Waals surface area (Å²) in [5, 5.41) is 5.41. The largest absolute Gasteiger partial charge is 0.351 e. The lowest BCUT2D eigenvalue weighted by molar-refractivity contribution is 0.0948. The van der Waals surface area contributed by atoms with Crippen LogP contribution in [0, 0.1) is 0 Å². The standard InChI is InChI=1S/C17H16ClN3O2S2/c18-14-7-6-13(25-14)17-20-12(11-24-17)16(23)19-8-2-4-10-21-9-3-1-5-15(21)22/h1,3,5-7,9,11H,2,4,8,10H2,(H,19,23). The zero-order valence-electron chi connectivity index (χ0n) is 13.3. The summed E-state index contributed by atoms with van der Waals surface area (Å²) >= 11 is 8.80. The maximum Gasteiger partial charge on any atom is 0.270 e. The lowest BCUT2D eigenvalue weighted by atomic mass is 10.3. The predicted octanol–water partition coefficient (Wildman–Crippen LogP) is 3.90. The summed E-state index contributed by atoms with van der Waals surface area (Å²) in [6.07, 6.45) is 3.39. The number of aryl methyl sites for hydroxylation is 1. The highest BCUT2D eigenvalue weighted by Crippen LogP contribution is 2.32. The van der Waals surface area contributed by atoms with Gasteiger partial charge in [-0.1, -0.05) is 17.7 Å². The van der Waals surface area contributed by atoms with Crippen LogP contribution in [0.25, 0.3) is 9.88 Å². The van der Waals surface area contributed by atoms with Crippen LogP contribution in [-0.2, 0) is 6.54 Å². The summed E-state index contributed by atoms with van der Waals surface area (Å²) in [4.78, 5) is 29.0. The van der Waals surface area contributed by atoms with E-state index in [-0.39, 0.29) is 11.5 Å². The number of carbonyl (C=O) groups is 1. The SMILES string of the molecule is O=C(NCCCCn1ccccc1=O)c1csc(-c2ccc(Cl)s2)n1. The molecule has 1 N–H and O–H groups in total. The summed E-state index contributed by atoms with van der Waals surface area (Å²) in [6.45, 7) is 1.20. The van der Waals surface area contributed by atoms with Crippen molar-refractivity contribution in [3.8, 4) is 9.88 Å². The van der Waals surface area contributed by atoms with Gasteiger partial charge in [0.2, 0.25) is 5.56 Å². The second-order valence-electron chi connectivity index (χ2n) is 5.34. The third-order valence-electron chi connectivity index (χ3n) is 3.53. The molecule has 0 fully saturated rings. The Hall–Kier alpha value is -1.96. The molecule has 1 amide bonds. The number of rotatable bonds is 7. The molecule has 3 aromatic heterocycles. The molecule has 0 aliphatic carbocycles. The van der Waals surface area contributed by atoms with Gasteiger partial charge in [0.15, 0.2) is 0 Å². The Morgan fingerprint density at radius 3 is 2.88 bits per heavy atom. The minimum atomic E-state index is -0.179. The fraction of sp³-hybridized carbons (Fsp3) is 0.235. The molecular formula is C17H16ClN3O2S2. The monoisotopic (exact) mass is 393 g/mol. The molecule has 8 heteroatoms. The third-order valence-corrected chi connectivity index (χ3v) is 5.77. The van der Waals surface area contributed by atoms with E-state index in [9.17, 15) is 9.59 Å². The second kappa shape index (κ2) is 8.42. The van der Waals surface area contributed by atoms with Crippen LogP contribution in [0.1, 0.15) is 23.3 Å². The lowest BCUT2D eigenvalue weighted by Crippen LogP contribution is -2.25. The second-order valence-corrected chi connectivity index (χ2v) is 7.91. The maximum atomic E-state index is 12.1. The number of carbonyl (C=O) groups excluding carboxylic acids is 1. The number of thiophene rings is 1. The molecule has 0 radical (unpaired) electrons. The average molecular weight is 394 g/mol. The summed E-state index contributed by atoms with van der Waals surface area (Å²) < 4.78 is 2.37. The van der Waals surface area contributed by atoms with Crippen molar-refractivity contribution in [3.63, 3.8) is 0 Å². The molecule has 5 nitrogen and oxygen atoms in total. The Morgan fingerprint density at radius 1 is 1.24 bits per heavy atom. The molecule has 25 heavy (non-hydrogen) atoms. The topological polar surface area (TPSA) is 64.0 Å². The van der Waals surface area contributed by atoms with Crippen molar-refractivity contribution in [2.75, 3.05) is 6.54 Å². The average Bonchev–Trinajstić information content (AvgIpc) is 3.25. The highest BCUT2D eigenvalue weighted by Gasteiger charge is 2.12. The third kappa shape index (κ3) is 4.78. The molecule has 130 valence electrons. The number of thiazole rings is 1. The molecule has 0 bridgehead atoms. The molecule has 0 aromatic carbocycles. The van der Waals surface area contributed by atoms with Crippen LogP contribution in [-0.4, -0.2) is 22.0 Å². The van der Waals surface area contributed by atoms with Crippen LogP contribution < -0.4 is 10.9 Å². The van der Waals surface area contributed by atoms with Gasteiger partial charge in [0.1, 0.15) is 10.7 Å². The molecule has 0 saturated heterocycles. The van der Waals surface area contributed by atoms with E-state index in [1.165, 1.54) is 22.7 Å². The number of hydrogen-bond acceptors (Lipinski definition) is 5. The van der Waals surface area contributed by atoms with Gasteiger partial charge in [-0.3, -0.25) is 9.59 Å². The van der Waals surface area contributed by atoms with E-state index in [0.29, 0.717) is 23.1 Å². The molecule has 3 rings (SSSR count). The molecule has 0 saturated carbocycles. The summed E-state index contributed by atoms with van der Waals surface area (Å²) in [7, 11) is 0. The number of aromatic nitrogens is 2. The van der Waals surface area contributed by atoms with Crippen LogP contribution in [0.15, 0.2) is 46.7 Å². The highest BCUT2D eigenvalue weighted by molar-refractivity contribution is 7.23. The zero-order chi connectivity index (χ0) is 17.6. The molecular weight excluding hydrogens is 378 g/mol. The number of hydrogen-bond donors (Lipinski definition) is 1. The number of unbranched alkanes of at least 4 members (excludes halogenated alkanes) is 1. The van der Waals surface area contributed by atoms with Gasteiger partial charge >= 0.3 is 0 Å². The fourth-order valence-electron chi connectivity index (χ4n) is 2.27. The Labute approximate surface area is 157 Å². The number of halogens is 1. The van der Waals surface area contributed by atoms with Crippen LogP contribution in [0.3, 0.4) is 0 Å². The van der Waals surface area contributed by atoms with Gasteiger partial charge in [-0.2, -0.15) is 0 Å². The molecule has 0 spiro atoms. The van der Waals surface area contributed by atoms with Gasteiger partial charge in [-0.15, -0.1) is 22.7 Å². The number of pyridine rings is 1. The number of amides is 1.